The van der Waals surface area contributed by atoms with Crippen LogP contribution < -0.4 is 17.0 Å². The van der Waals surface area contributed by atoms with Gasteiger partial charge in [-0.2, -0.15) is 6.07 Å². The molecule has 0 aliphatic carbocycles. The zero-order valence-corrected chi connectivity index (χ0v) is 10.2. The molecule has 10 heavy (non-hydrogen) atoms. The molecule has 0 bridgehead atoms. The summed E-state index contributed by atoms with van der Waals surface area (Å²) in [7, 11) is 0. The van der Waals surface area contributed by atoms with Gasteiger partial charge in [-0.05, 0) is 0 Å². The van der Waals surface area contributed by atoms with Gasteiger partial charge in [0.25, 0.3) is 0 Å². The molecule has 0 N–H and O–H groups in total. The Morgan fingerprint density at radius 2 is 2.20 bits per heavy atom. The summed E-state index contributed by atoms with van der Waals surface area (Å²) in [5, 5.41) is 0. The second-order valence-electron chi connectivity index (χ2n) is 1.56. The molecule has 0 saturated carbocycles. The zero-order chi connectivity index (χ0) is 5.98. The molecule has 4 heteroatoms. The maximum Gasteiger partial charge on any atom is 2.00 e. The molecule has 0 aromatic carbocycles. The maximum atomic E-state index is 3.77. The van der Waals surface area contributed by atoms with Gasteiger partial charge in [-0.15, -0.1) is 5.56 Å². The summed E-state index contributed by atoms with van der Waals surface area (Å²) < 4.78 is 1.04. The molecule has 0 saturated heterocycles. The van der Waals surface area contributed by atoms with Crippen LogP contribution in [0.15, 0.2) is 16.7 Å². The smallest absolute Gasteiger partial charge is 1.00 e. The topological polar surface area (TPSA) is 12.9 Å². The molecule has 0 fully saturated rings. The zero-order valence-electron chi connectivity index (χ0n) is 5.56. The Balaban J connectivity index is 0. The van der Waals surface area contributed by atoms with Gasteiger partial charge in [0.15, 0.2) is 0 Å². The van der Waals surface area contributed by atoms with Crippen molar-refractivity contribution in [3.8, 4) is 0 Å². The van der Waals surface area contributed by atoms with E-state index in [0.29, 0.717) is 0 Å². The van der Waals surface area contributed by atoms with E-state index in [1.54, 1.807) is 6.20 Å². The molecule has 50 valence electrons. The van der Waals surface area contributed by atoms with E-state index in [4.69, 9.17) is 0 Å². The van der Waals surface area contributed by atoms with Gasteiger partial charge in [0, 0.05) is 0 Å². The van der Waals surface area contributed by atoms with Crippen molar-refractivity contribution in [2.45, 2.75) is 6.92 Å². The normalized spacial score (nSPS) is 7.40. The first kappa shape index (κ1) is 13.5. The first-order chi connectivity index (χ1) is 3.80. The molecule has 1 aromatic heterocycles. The van der Waals surface area contributed by atoms with Crippen LogP contribution in [0, 0.1) is 13.1 Å². The van der Waals surface area contributed by atoms with E-state index in [9.17, 15) is 0 Å². The van der Waals surface area contributed by atoms with Gasteiger partial charge in [-0.3, -0.25) is 0 Å². The Labute approximate surface area is 95.7 Å². The average molecular weight is 275 g/mol. The van der Waals surface area contributed by atoms with Crippen LogP contribution in [-0.4, -0.2) is 28.0 Å². The van der Waals surface area contributed by atoms with E-state index in [-0.39, 0.29) is 40.0 Å². The first-order valence-electron chi connectivity index (χ1n) is 2.29. The Hall–Kier alpha value is 0.876. The summed E-state index contributed by atoms with van der Waals surface area (Å²) >= 11 is 3.31. The van der Waals surface area contributed by atoms with Crippen molar-refractivity contribution in [3.05, 3.63) is 28.5 Å². The second-order valence-corrected chi connectivity index (χ2v) is 2.42. The molecule has 1 aromatic rings. The fourth-order valence-corrected chi connectivity index (χ4v) is 0.616. The molecule has 1 heterocycles. The fourth-order valence-electron chi connectivity index (χ4n) is 0.399. The molecule has 1 rings (SSSR count). The van der Waals surface area contributed by atoms with E-state index >= 15 is 0 Å². The van der Waals surface area contributed by atoms with Crippen LogP contribution in [0.3, 0.4) is 0 Å². The quantitative estimate of drug-likeness (QED) is 0.418. The van der Waals surface area contributed by atoms with Gasteiger partial charge >= 0.3 is 23.1 Å². The third kappa shape index (κ3) is 3.90. The van der Waals surface area contributed by atoms with E-state index < -0.39 is 0 Å². The van der Waals surface area contributed by atoms with Gasteiger partial charge in [0.2, 0.25) is 0 Å². The van der Waals surface area contributed by atoms with Crippen LogP contribution >= 0.6 is 15.9 Å². The second kappa shape index (κ2) is 6.58. The third-order valence-corrected chi connectivity index (χ3v) is 1.74. The van der Waals surface area contributed by atoms with Gasteiger partial charge in [0.1, 0.15) is 0 Å². The number of nitrogens with zero attached hydrogens (tertiary/aromatic N) is 1. The SMILES string of the molecule is Cc1c[c-]ncc1Br.[Br-].[Mg+2]. The van der Waals surface area contributed by atoms with Crippen LogP contribution in [0.2, 0.25) is 0 Å². The van der Waals surface area contributed by atoms with E-state index in [1.165, 1.54) is 5.56 Å². The van der Waals surface area contributed by atoms with Gasteiger partial charge in [-0.1, -0.05) is 39.7 Å². The Morgan fingerprint density at radius 3 is 2.50 bits per heavy atom. The fraction of sp³-hybridized carbons (Fsp3) is 0.167. The van der Waals surface area contributed by atoms with Crippen molar-refractivity contribution >= 4 is 39.0 Å². The van der Waals surface area contributed by atoms with Gasteiger partial charge in [0.05, 0.1) is 0 Å². The number of aromatic nitrogens is 1. The Bertz CT molecular complexity index is 172. The largest absolute Gasteiger partial charge is 2.00 e. The van der Waals surface area contributed by atoms with E-state index in [0.717, 1.165) is 4.47 Å². The van der Waals surface area contributed by atoms with Crippen molar-refractivity contribution < 1.29 is 17.0 Å². The molecule has 0 spiro atoms. The average Bonchev–Trinajstić information content (AvgIpc) is 1.77. The predicted octanol–water partition coefficient (Wildman–Crippen LogP) is -1.42. The number of halogens is 2. The minimum atomic E-state index is 0. The van der Waals surface area contributed by atoms with Crippen LogP contribution in [0.1, 0.15) is 5.56 Å². The summed E-state index contributed by atoms with van der Waals surface area (Å²) in [5.41, 5.74) is 1.17. The van der Waals surface area contributed by atoms with E-state index in [1.807, 2.05) is 13.0 Å². The molecule has 0 amide bonds. The molecular weight excluding hydrogens is 270 g/mol. The molecule has 0 aliphatic rings. The number of hydrogen-bond donors (Lipinski definition) is 0. The molecular formula is C6H5Br2MgN. The van der Waals surface area contributed by atoms with Crippen LogP contribution in [-0.2, 0) is 0 Å². The van der Waals surface area contributed by atoms with Crippen LogP contribution in [0.25, 0.3) is 0 Å². The number of aryl methyl sites for hydroxylation is 1. The summed E-state index contributed by atoms with van der Waals surface area (Å²) in [6, 6.07) is 1.84. The monoisotopic (exact) mass is 273 g/mol. The minimum Gasteiger partial charge on any atom is -1.00 e. The number of hydrogen-bond acceptors (Lipinski definition) is 1. The van der Waals surface area contributed by atoms with Crippen molar-refractivity contribution in [1.29, 1.82) is 0 Å². The van der Waals surface area contributed by atoms with Crippen molar-refractivity contribution in [2.24, 2.45) is 0 Å². The van der Waals surface area contributed by atoms with Crippen LogP contribution in [0.5, 0.6) is 0 Å². The third-order valence-electron chi connectivity index (χ3n) is 0.910. The molecule has 1 nitrogen and oxygen atoms in total. The summed E-state index contributed by atoms with van der Waals surface area (Å²) in [6.45, 7) is 2.00. The first-order valence-corrected chi connectivity index (χ1v) is 3.08. The molecule has 0 unspecified atom stereocenters. The maximum absolute atomic E-state index is 3.77. The van der Waals surface area contributed by atoms with Crippen molar-refractivity contribution in [3.63, 3.8) is 0 Å². The molecule has 0 radical (unpaired) electrons. The van der Waals surface area contributed by atoms with E-state index in [2.05, 4.69) is 27.1 Å². The summed E-state index contributed by atoms with van der Waals surface area (Å²) in [5.74, 6) is 0. The summed E-state index contributed by atoms with van der Waals surface area (Å²) in [4.78, 5) is 3.77. The van der Waals surface area contributed by atoms with Gasteiger partial charge in [-0.25, -0.2) is 0 Å². The Kier molecular flexibility index (Phi) is 8.86. The minimum absolute atomic E-state index is 0. The standard InChI is InChI=1S/C6H5BrN.BrH.Mg/c1-5-2-3-8-4-6(5)7;;/h2,4H,1H3;1H;/q-1;;+2/p-1. The Morgan fingerprint density at radius 1 is 1.60 bits per heavy atom. The molecule has 0 atom stereocenters. The van der Waals surface area contributed by atoms with Crippen molar-refractivity contribution in [1.82, 2.24) is 4.98 Å². The van der Waals surface area contributed by atoms with Crippen molar-refractivity contribution in [2.75, 3.05) is 0 Å². The number of rotatable bonds is 0. The van der Waals surface area contributed by atoms with Gasteiger partial charge < -0.3 is 22.0 Å². The molecule has 0 aliphatic heterocycles. The number of pyridine rings is 1. The predicted molar refractivity (Wildman–Crippen MR) is 41.3 cm³/mol. The summed E-state index contributed by atoms with van der Waals surface area (Å²) in [6.07, 6.45) is 4.45. The van der Waals surface area contributed by atoms with Crippen LogP contribution in [0.4, 0.5) is 0 Å².